The average Bonchev–Trinajstić information content (AvgIpc) is 2.48. The summed E-state index contributed by atoms with van der Waals surface area (Å²) in [5, 5.41) is 0. The van der Waals surface area contributed by atoms with E-state index in [1.165, 1.54) is 12.1 Å². The molecule has 0 saturated heterocycles. The number of ether oxygens (including phenoxy) is 1. The molecule has 0 amide bonds. The van der Waals surface area contributed by atoms with Gasteiger partial charge in [0.05, 0.1) is 6.04 Å². The van der Waals surface area contributed by atoms with E-state index in [-0.39, 0.29) is 16.6 Å². The summed E-state index contributed by atoms with van der Waals surface area (Å²) in [7, 11) is 0. The third kappa shape index (κ3) is 4.93. The van der Waals surface area contributed by atoms with Gasteiger partial charge in [-0.25, -0.2) is 9.37 Å². The molecule has 0 spiro atoms. The Balaban J connectivity index is 2.11. The van der Waals surface area contributed by atoms with Gasteiger partial charge in [-0.05, 0) is 58.4 Å². The van der Waals surface area contributed by atoms with Gasteiger partial charge in [0.15, 0.2) is 0 Å². The number of rotatable bonds is 5. The highest BCUT2D eigenvalue weighted by molar-refractivity contribution is 7.90. The minimum Gasteiger partial charge on any atom is -0.598 e. The Morgan fingerprint density at radius 1 is 1.29 bits per heavy atom. The van der Waals surface area contributed by atoms with Crippen molar-refractivity contribution in [2.75, 3.05) is 0 Å². The summed E-state index contributed by atoms with van der Waals surface area (Å²) in [6, 6.07) is 7.75. The van der Waals surface area contributed by atoms with Crippen molar-refractivity contribution in [3.05, 3.63) is 53.5 Å². The second kappa shape index (κ2) is 7.51. The lowest BCUT2D eigenvalue weighted by Crippen LogP contribution is -2.40. The molecule has 1 aromatic carbocycles. The van der Waals surface area contributed by atoms with Gasteiger partial charge in [-0.3, -0.25) is 0 Å². The van der Waals surface area contributed by atoms with E-state index in [1.807, 2.05) is 40.7 Å². The van der Waals surface area contributed by atoms with Crippen molar-refractivity contribution >= 4 is 11.4 Å². The van der Waals surface area contributed by atoms with Crippen molar-refractivity contribution in [3.63, 3.8) is 0 Å². The fourth-order valence-corrected chi connectivity index (χ4v) is 2.79. The van der Waals surface area contributed by atoms with E-state index in [4.69, 9.17) is 4.74 Å². The number of pyridine rings is 1. The molecule has 2 unspecified atom stereocenters. The molecule has 0 saturated carbocycles. The first-order chi connectivity index (χ1) is 11.2. The predicted octanol–water partition coefficient (Wildman–Crippen LogP) is 4.43. The number of benzene rings is 1. The number of hydrogen-bond donors (Lipinski definition) is 1. The summed E-state index contributed by atoms with van der Waals surface area (Å²) >= 11 is -1.16. The molecule has 0 aliphatic rings. The molecule has 24 heavy (non-hydrogen) atoms. The molecule has 0 bridgehead atoms. The maximum absolute atomic E-state index is 13.2. The van der Waals surface area contributed by atoms with Crippen LogP contribution < -0.4 is 9.46 Å². The summed E-state index contributed by atoms with van der Waals surface area (Å²) in [4.78, 5) is 4.31. The molecule has 6 heteroatoms. The maximum Gasteiger partial charge on any atom is 0.222 e. The molecular weight excluding hydrogens is 327 g/mol. The Morgan fingerprint density at radius 2 is 2.00 bits per heavy atom. The molecule has 0 radical (unpaired) electrons. The first-order valence-electron chi connectivity index (χ1n) is 7.75. The smallest absolute Gasteiger partial charge is 0.222 e. The third-order valence-electron chi connectivity index (χ3n) is 3.40. The molecule has 0 fully saturated rings. The Morgan fingerprint density at radius 3 is 2.58 bits per heavy atom. The second-order valence-electron chi connectivity index (χ2n) is 6.67. The van der Waals surface area contributed by atoms with Gasteiger partial charge in [0, 0.05) is 29.2 Å². The quantitative estimate of drug-likeness (QED) is 0.810. The lowest BCUT2D eigenvalue weighted by Gasteiger charge is -2.26. The van der Waals surface area contributed by atoms with Gasteiger partial charge >= 0.3 is 0 Å². The van der Waals surface area contributed by atoms with Gasteiger partial charge in [-0.2, -0.15) is 0 Å². The van der Waals surface area contributed by atoms with Gasteiger partial charge in [-0.1, -0.05) is 6.07 Å². The normalized spacial score (nSPS) is 14.3. The summed E-state index contributed by atoms with van der Waals surface area (Å²) in [6.45, 7) is 9.57. The molecular formula is C18H23FN2O2S. The molecule has 2 rings (SSSR count). The Bertz CT molecular complexity index is 704. The van der Waals surface area contributed by atoms with Crippen molar-refractivity contribution in [2.24, 2.45) is 0 Å². The van der Waals surface area contributed by atoms with Crippen LogP contribution in [0.5, 0.6) is 11.6 Å². The minimum atomic E-state index is -1.16. The number of nitrogens with zero attached hydrogens (tertiary/aromatic N) is 1. The van der Waals surface area contributed by atoms with Crippen LogP contribution in [0.15, 0.2) is 36.5 Å². The molecule has 2 aromatic rings. The lowest BCUT2D eigenvalue weighted by atomic mass is 10.1. The SMILES string of the molecule is Cc1cc(C(C)N[S+]([O-])C(C)(C)C)cnc1Oc1cccc(F)c1. The highest BCUT2D eigenvalue weighted by Gasteiger charge is 2.28. The highest BCUT2D eigenvalue weighted by Crippen LogP contribution is 2.26. The number of halogens is 1. The van der Waals surface area contributed by atoms with E-state index >= 15 is 0 Å². The van der Waals surface area contributed by atoms with Gasteiger partial charge in [0.1, 0.15) is 16.3 Å². The molecule has 1 aromatic heterocycles. The van der Waals surface area contributed by atoms with Crippen molar-refractivity contribution in [1.82, 2.24) is 9.71 Å². The van der Waals surface area contributed by atoms with Crippen LogP contribution in [0, 0.1) is 12.7 Å². The lowest BCUT2D eigenvalue weighted by molar-refractivity contribution is 0.453. The van der Waals surface area contributed by atoms with Crippen LogP contribution in [-0.4, -0.2) is 14.3 Å². The zero-order valence-electron chi connectivity index (χ0n) is 14.6. The molecule has 130 valence electrons. The summed E-state index contributed by atoms with van der Waals surface area (Å²) < 4.78 is 33.8. The van der Waals surface area contributed by atoms with Crippen LogP contribution in [0.2, 0.25) is 0 Å². The van der Waals surface area contributed by atoms with E-state index in [1.54, 1.807) is 18.3 Å². The van der Waals surface area contributed by atoms with E-state index in [0.29, 0.717) is 11.6 Å². The van der Waals surface area contributed by atoms with Crippen molar-refractivity contribution in [1.29, 1.82) is 0 Å². The van der Waals surface area contributed by atoms with Crippen molar-refractivity contribution in [3.8, 4) is 11.6 Å². The Kier molecular flexibility index (Phi) is 5.85. The minimum absolute atomic E-state index is 0.112. The van der Waals surface area contributed by atoms with E-state index in [0.717, 1.165) is 11.1 Å². The number of hydrogen-bond acceptors (Lipinski definition) is 4. The van der Waals surface area contributed by atoms with Crippen LogP contribution in [0.25, 0.3) is 0 Å². The topological polar surface area (TPSA) is 57.2 Å². The van der Waals surface area contributed by atoms with Crippen LogP contribution in [0.1, 0.15) is 44.9 Å². The Labute approximate surface area is 145 Å². The zero-order chi connectivity index (χ0) is 17.9. The van der Waals surface area contributed by atoms with Crippen LogP contribution in [0.3, 0.4) is 0 Å². The maximum atomic E-state index is 13.2. The molecule has 2 atom stereocenters. The van der Waals surface area contributed by atoms with E-state index in [9.17, 15) is 8.94 Å². The van der Waals surface area contributed by atoms with E-state index in [2.05, 4.69) is 9.71 Å². The fraction of sp³-hybridized carbons (Fsp3) is 0.389. The van der Waals surface area contributed by atoms with Crippen LogP contribution >= 0.6 is 0 Å². The monoisotopic (exact) mass is 350 g/mol. The van der Waals surface area contributed by atoms with Crippen LogP contribution in [0.4, 0.5) is 4.39 Å². The average molecular weight is 350 g/mol. The molecule has 0 aliphatic carbocycles. The van der Waals surface area contributed by atoms with Gasteiger partial charge < -0.3 is 9.29 Å². The first kappa shape index (κ1) is 18.7. The van der Waals surface area contributed by atoms with Crippen molar-refractivity contribution in [2.45, 2.75) is 45.4 Å². The molecule has 1 heterocycles. The second-order valence-corrected chi connectivity index (χ2v) is 8.67. The fourth-order valence-electron chi connectivity index (χ4n) is 1.98. The predicted molar refractivity (Wildman–Crippen MR) is 94.9 cm³/mol. The molecule has 1 N–H and O–H groups in total. The van der Waals surface area contributed by atoms with Crippen LogP contribution in [-0.2, 0) is 11.4 Å². The number of aromatic nitrogens is 1. The highest BCUT2D eigenvalue weighted by atomic mass is 32.2. The van der Waals surface area contributed by atoms with E-state index < -0.39 is 11.4 Å². The van der Waals surface area contributed by atoms with Crippen molar-refractivity contribution < 1.29 is 13.7 Å². The van der Waals surface area contributed by atoms with Gasteiger partial charge in [0.25, 0.3) is 0 Å². The summed E-state index contributed by atoms with van der Waals surface area (Å²) in [6.07, 6.45) is 1.68. The molecule has 4 nitrogen and oxygen atoms in total. The Hall–Kier alpha value is -1.63. The molecule has 0 aliphatic heterocycles. The number of aryl methyl sites for hydroxylation is 1. The zero-order valence-corrected chi connectivity index (χ0v) is 15.4. The van der Waals surface area contributed by atoms with Gasteiger partial charge in [0.2, 0.25) is 5.88 Å². The van der Waals surface area contributed by atoms with Gasteiger partial charge in [-0.15, -0.1) is 4.72 Å². The standard InChI is InChI=1S/C18H23FN2O2S/c1-12-9-14(13(2)21-24(22)18(3,4)5)11-20-17(12)23-16-8-6-7-15(19)10-16/h6-11,13,21H,1-5H3. The summed E-state index contributed by atoms with van der Waals surface area (Å²) in [5.74, 6) is 0.469. The first-order valence-corrected chi connectivity index (χ1v) is 8.90. The third-order valence-corrected chi connectivity index (χ3v) is 5.08. The number of nitrogens with one attached hydrogen (secondary N) is 1. The summed E-state index contributed by atoms with van der Waals surface area (Å²) in [5.41, 5.74) is 1.74. The largest absolute Gasteiger partial charge is 0.598 e.